The van der Waals surface area contributed by atoms with Crippen molar-refractivity contribution in [2.24, 2.45) is 5.92 Å². The monoisotopic (exact) mass is 320 g/mol. The first kappa shape index (κ1) is 18.7. The summed E-state index contributed by atoms with van der Waals surface area (Å²) >= 11 is 0. The summed E-state index contributed by atoms with van der Waals surface area (Å²) in [6.07, 6.45) is 0.350. The Bertz CT molecular complexity index is 596. The first-order valence-electron chi connectivity index (χ1n) is 7.58. The molecule has 23 heavy (non-hydrogen) atoms. The third-order valence-corrected chi connectivity index (χ3v) is 3.35. The molecule has 1 rings (SSSR count). The number of benzene rings is 1. The molecule has 126 valence electrons. The topological polar surface area (TPSA) is 86.7 Å². The van der Waals surface area contributed by atoms with Crippen LogP contribution in [0.3, 0.4) is 0 Å². The number of amides is 2. The van der Waals surface area contributed by atoms with Crippen LogP contribution in [0.4, 0.5) is 5.69 Å². The molecule has 0 radical (unpaired) electrons. The average Bonchev–Trinajstić information content (AvgIpc) is 2.45. The smallest absolute Gasteiger partial charge is 0.305 e. The molecule has 6 heteroatoms. The highest BCUT2D eigenvalue weighted by molar-refractivity contribution is 5.96. The van der Waals surface area contributed by atoms with Gasteiger partial charge in [0.1, 0.15) is 0 Å². The van der Waals surface area contributed by atoms with Gasteiger partial charge in [-0.2, -0.15) is 0 Å². The number of carbonyl (C=O) groups is 3. The molecular formula is C17H24N2O4. The number of carboxylic acid groups (broad SMARTS) is 1. The molecule has 0 bridgehead atoms. The normalized spacial score (nSPS) is 10.5. The van der Waals surface area contributed by atoms with Crippen molar-refractivity contribution in [3.8, 4) is 0 Å². The van der Waals surface area contributed by atoms with Gasteiger partial charge in [-0.05, 0) is 36.6 Å². The molecule has 2 N–H and O–H groups in total. The van der Waals surface area contributed by atoms with Gasteiger partial charge in [0.2, 0.25) is 5.91 Å². The van der Waals surface area contributed by atoms with E-state index in [1.807, 2.05) is 20.8 Å². The molecule has 1 aromatic rings. The minimum atomic E-state index is -0.941. The van der Waals surface area contributed by atoms with Gasteiger partial charge in [-0.25, -0.2) is 0 Å². The van der Waals surface area contributed by atoms with Crippen molar-refractivity contribution < 1.29 is 19.5 Å². The Balaban J connectivity index is 2.77. The lowest BCUT2D eigenvalue weighted by molar-refractivity contribution is -0.137. The van der Waals surface area contributed by atoms with E-state index in [1.165, 1.54) is 4.90 Å². The lowest BCUT2D eigenvalue weighted by atomic mass is 10.1. The zero-order valence-electron chi connectivity index (χ0n) is 14.0. The van der Waals surface area contributed by atoms with Crippen LogP contribution in [-0.2, 0) is 9.59 Å². The molecule has 0 spiro atoms. The molecule has 0 heterocycles. The number of nitrogens with zero attached hydrogens (tertiary/aromatic N) is 1. The second kappa shape index (κ2) is 8.31. The summed E-state index contributed by atoms with van der Waals surface area (Å²) in [6, 6.07) is 5.04. The number of aryl methyl sites for hydroxylation is 1. The molecule has 0 aliphatic rings. The summed E-state index contributed by atoms with van der Waals surface area (Å²) in [7, 11) is 1.57. The van der Waals surface area contributed by atoms with Crippen molar-refractivity contribution >= 4 is 23.5 Å². The van der Waals surface area contributed by atoms with Crippen molar-refractivity contribution in [1.29, 1.82) is 0 Å². The molecule has 0 unspecified atom stereocenters. The molecule has 2 amide bonds. The highest BCUT2D eigenvalue weighted by Gasteiger charge is 2.14. The number of aliphatic carboxylic acids is 1. The van der Waals surface area contributed by atoms with E-state index < -0.39 is 5.97 Å². The number of rotatable bonds is 7. The van der Waals surface area contributed by atoms with E-state index in [0.717, 1.165) is 5.56 Å². The zero-order chi connectivity index (χ0) is 17.6. The molecule has 0 aromatic heterocycles. The molecule has 0 aliphatic carbocycles. The third kappa shape index (κ3) is 6.10. The number of hydrogen-bond acceptors (Lipinski definition) is 3. The number of nitrogens with one attached hydrogen (secondary N) is 1. The van der Waals surface area contributed by atoms with Gasteiger partial charge in [0.05, 0.1) is 6.42 Å². The summed E-state index contributed by atoms with van der Waals surface area (Å²) in [5, 5.41) is 11.5. The Morgan fingerprint density at radius 2 is 1.91 bits per heavy atom. The van der Waals surface area contributed by atoms with E-state index in [-0.39, 0.29) is 30.7 Å². The van der Waals surface area contributed by atoms with E-state index in [4.69, 9.17) is 5.11 Å². The quantitative estimate of drug-likeness (QED) is 0.808. The fourth-order valence-corrected chi connectivity index (χ4v) is 2.09. The van der Waals surface area contributed by atoms with Crippen LogP contribution in [0.2, 0.25) is 0 Å². The lowest BCUT2D eigenvalue weighted by Gasteiger charge is -2.17. The molecule has 0 saturated heterocycles. The minimum absolute atomic E-state index is 0.0549. The van der Waals surface area contributed by atoms with Crippen molar-refractivity contribution in [1.82, 2.24) is 4.90 Å². The van der Waals surface area contributed by atoms with E-state index in [2.05, 4.69) is 5.32 Å². The second-order valence-electron chi connectivity index (χ2n) is 6.05. The number of carbonyl (C=O) groups excluding carboxylic acids is 2. The van der Waals surface area contributed by atoms with Gasteiger partial charge in [0, 0.05) is 31.3 Å². The highest BCUT2D eigenvalue weighted by Crippen LogP contribution is 2.18. The molecular weight excluding hydrogens is 296 g/mol. The fraction of sp³-hybridized carbons (Fsp3) is 0.471. The Morgan fingerprint density at radius 3 is 2.43 bits per heavy atom. The van der Waals surface area contributed by atoms with Gasteiger partial charge in [-0.3, -0.25) is 14.4 Å². The maximum atomic E-state index is 12.2. The minimum Gasteiger partial charge on any atom is -0.481 e. The Morgan fingerprint density at radius 1 is 1.26 bits per heavy atom. The number of carboxylic acids is 1. The van der Waals surface area contributed by atoms with Crippen LogP contribution in [0, 0.1) is 12.8 Å². The third-order valence-electron chi connectivity index (χ3n) is 3.35. The Labute approximate surface area is 136 Å². The maximum absolute atomic E-state index is 12.2. The highest BCUT2D eigenvalue weighted by atomic mass is 16.4. The summed E-state index contributed by atoms with van der Waals surface area (Å²) in [5.41, 5.74) is 1.94. The van der Waals surface area contributed by atoms with Gasteiger partial charge in [-0.1, -0.05) is 13.8 Å². The van der Waals surface area contributed by atoms with Crippen LogP contribution in [0.5, 0.6) is 0 Å². The van der Waals surface area contributed by atoms with Crippen molar-refractivity contribution in [2.75, 3.05) is 18.9 Å². The van der Waals surface area contributed by atoms with Gasteiger partial charge in [-0.15, -0.1) is 0 Å². The summed E-state index contributed by atoms with van der Waals surface area (Å²) in [4.78, 5) is 36.0. The summed E-state index contributed by atoms with van der Waals surface area (Å²) in [5.74, 6) is -0.960. The van der Waals surface area contributed by atoms with Crippen molar-refractivity contribution in [2.45, 2.75) is 33.6 Å². The molecule has 6 nitrogen and oxygen atoms in total. The second-order valence-corrected chi connectivity index (χ2v) is 6.05. The first-order valence-corrected chi connectivity index (χ1v) is 7.58. The van der Waals surface area contributed by atoms with E-state index in [0.29, 0.717) is 17.7 Å². The maximum Gasteiger partial charge on any atom is 0.305 e. The van der Waals surface area contributed by atoms with Gasteiger partial charge >= 0.3 is 5.97 Å². The fourth-order valence-electron chi connectivity index (χ4n) is 2.09. The molecule has 0 saturated carbocycles. The largest absolute Gasteiger partial charge is 0.481 e. The number of hydrogen-bond donors (Lipinski definition) is 2. The summed E-state index contributed by atoms with van der Waals surface area (Å²) < 4.78 is 0. The number of anilines is 1. The van der Waals surface area contributed by atoms with E-state index >= 15 is 0 Å². The van der Waals surface area contributed by atoms with Crippen LogP contribution in [0.1, 0.15) is 42.6 Å². The predicted octanol–water partition coefficient (Wildman–Crippen LogP) is 2.53. The van der Waals surface area contributed by atoms with Crippen LogP contribution < -0.4 is 5.32 Å². The lowest BCUT2D eigenvalue weighted by Crippen LogP contribution is -2.29. The van der Waals surface area contributed by atoms with Crippen LogP contribution in [0.15, 0.2) is 18.2 Å². The van der Waals surface area contributed by atoms with Crippen LogP contribution in [0.25, 0.3) is 0 Å². The molecule has 0 fully saturated rings. The van der Waals surface area contributed by atoms with Crippen LogP contribution in [-0.4, -0.2) is 41.4 Å². The van der Waals surface area contributed by atoms with Gasteiger partial charge in [0.15, 0.2) is 0 Å². The summed E-state index contributed by atoms with van der Waals surface area (Å²) in [6.45, 7) is 5.92. The van der Waals surface area contributed by atoms with Crippen LogP contribution >= 0.6 is 0 Å². The predicted molar refractivity (Wildman–Crippen MR) is 88.5 cm³/mol. The van der Waals surface area contributed by atoms with Crippen molar-refractivity contribution in [3.63, 3.8) is 0 Å². The Hall–Kier alpha value is -2.37. The SMILES string of the molecule is Cc1cc(C(=O)N(C)CCC(=O)O)ccc1NC(=O)CC(C)C. The van der Waals surface area contributed by atoms with Crippen molar-refractivity contribution in [3.05, 3.63) is 29.3 Å². The molecule has 0 aliphatic heterocycles. The first-order chi connectivity index (χ1) is 10.7. The van der Waals surface area contributed by atoms with E-state index in [9.17, 15) is 14.4 Å². The standard InChI is InChI=1S/C17H24N2O4/c1-11(2)9-15(20)18-14-6-5-13(10-12(14)3)17(23)19(4)8-7-16(21)22/h5-6,10-11H,7-9H2,1-4H3,(H,18,20)(H,21,22). The van der Waals surface area contributed by atoms with Gasteiger partial charge < -0.3 is 15.3 Å². The molecule has 0 atom stereocenters. The van der Waals surface area contributed by atoms with E-state index in [1.54, 1.807) is 25.2 Å². The zero-order valence-corrected chi connectivity index (χ0v) is 14.0. The average molecular weight is 320 g/mol. The van der Waals surface area contributed by atoms with Gasteiger partial charge in [0.25, 0.3) is 5.91 Å². The molecule has 1 aromatic carbocycles. The Kier molecular flexibility index (Phi) is 6.75.